The third kappa shape index (κ3) is 5.11. The number of rotatable bonds is 6. The zero-order valence-electron chi connectivity index (χ0n) is 14.9. The molecule has 144 valence electrons. The molecule has 9 heteroatoms. The quantitative estimate of drug-likeness (QED) is 0.652. The minimum Gasteiger partial charge on any atom is -0.353 e. The first-order chi connectivity index (χ1) is 12.5. The lowest BCUT2D eigenvalue weighted by molar-refractivity contribution is -0.121. The zero-order valence-corrected chi connectivity index (χ0v) is 17.3. The van der Waals surface area contributed by atoms with E-state index in [1.165, 1.54) is 0 Å². The van der Waals surface area contributed by atoms with Crippen LogP contribution in [-0.4, -0.2) is 52.5 Å². The van der Waals surface area contributed by atoms with Crippen molar-refractivity contribution in [3.8, 4) is 11.4 Å². The van der Waals surface area contributed by atoms with Crippen LogP contribution in [0.2, 0.25) is 10.0 Å². The number of imidazole rings is 1. The number of carbonyl (C=O) groups is 1. The minimum atomic E-state index is -0.0990. The molecule has 0 radical (unpaired) electrons. The van der Waals surface area contributed by atoms with Gasteiger partial charge in [-0.2, -0.15) is 0 Å². The Morgan fingerprint density at radius 3 is 2.70 bits per heavy atom. The first-order valence-electron chi connectivity index (χ1n) is 8.14. The van der Waals surface area contributed by atoms with E-state index in [1.807, 2.05) is 37.2 Å². The van der Waals surface area contributed by atoms with Gasteiger partial charge in [0, 0.05) is 24.8 Å². The van der Waals surface area contributed by atoms with E-state index in [1.54, 1.807) is 22.9 Å². The van der Waals surface area contributed by atoms with E-state index in [9.17, 15) is 4.79 Å². The van der Waals surface area contributed by atoms with E-state index in [2.05, 4.69) is 15.3 Å². The van der Waals surface area contributed by atoms with E-state index in [4.69, 9.17) is 23.2 Å². The van der Waals surface area contributed by atoms with Gasteiger partial charge in [-0.15, -0.1) is 12.4 Å². The van der Waals surface area contributed by atoms with Gasteiger partial charge < -0.3 is 10.2 Å². The number of amides is 1. The molecule has 0 bridgehead atoms. The Balaban J connectivity index is 0.00000261. The van der Waals surface area contributed by atoms with Gasteiger partial charge >= 0.3 is 0 Å². The number of fused-ring (bicyclic) bond motifs is 1. The molecule has 0 fully saturated rings. The van der Waals surface area contributed by atoms with Gasteiger partial charge in [0.1, 0.15) is 17.9 Å². The maximum Gasteiger partial charge on any atom is 0.240 e. The topological polar surface area (TPSA) is 63.1 Å². The molecule has 0 unspecified atom stereocenters. The molecular formula is C18H20Cl3N5O. The number of hydrogen-bond acceptors (Lipinski definition) is 4. The second kappa shape index (κ2) is 9.37. The Hall–Kier alpha value is -1.86. The van der Waals surface area contributed by atoms with Crippen molar-refractivity contribution in [3.63, 3.8) is 0 Å². The number of likely N-dealkylation sites (N-methyl/N-ethyl adjacent to an activating group) is 1. The molecule has 1 aromatic carbocycles. The van der Waals surface area contributed by atoms with Gasteiger partial charge in [-0.25, -0.2) is 9.97 Å². The number of nitrogens with one attached hydrogen (secondary N) is 1. The summed E-state index contributed by atoms with van der Waals surface area (Å²) < 4.78 is 1.79. The molecule has 0 aliphatic carbocycles. The second-order valence-electron chi connectivity index (χ2n) is 6.15. The normalized spacial score (nSPS) is 10.9. The van der Waals surface area contributed by atoms with E-state index < -0.39 is 0 Å². The fourth-order valence-electron chi connectivity index (χ4n) is 2.58. The average Bonchev–Trinajstić information content (AvgIpc) is 2.96. The summed E-state index contributed by atoms with van der Waals surface area (Å²) in [6.07, 6.45) is 1.68. The van der Waals surface area contributed by atoms with Crippen LogP contribution < -0.4 is 5.32 Å². The Kier molecular flexibility index (Phi) is 7.44. The van der Waals surface area contributed by atoms with Crippen molar-refractivity contribution in [1.29, 1.82) is 0 Å². The van der Waals surface area contributed by atoms with Gasteiger partial charge in [-0.1, -0.05) is 23.2 Å². The van der Waals surface area contributed by atoms with Crippen LogP contribution in [0.5, 0.6) is 0 Å². The first-order valence-corrected chi connectivity index (χ1v) is 8.89. The van der Waals surface area contributed by atoms with Crippen molar-refractivity contribution >= 4 is 52.7 Å². The van der Waals surface area contributed by atoms with Crippen LogP contribution in [0.25, 0.3) is 22.6 Å². The largest absolute Gasteiger partial charge is 0.353 e. The van der Waals surface area contributed by atoms with Crippen LogP contribution in [-0.2, 0) is 11.3 Å². The molecular weight excluding hydrogens is 409 g/mol. The molecule has 3 rings (SSSR count). The minimum absolute atomic E-state index is 0. The third-order valence-corrected chi connectivity index (χ3v) is 4.60. The first kappa shape index (κ1) is 21.4. The van der Waals surface area contributed by atoms with E-state index >= 15 is 0 Å². The predicted octanol–water partition coefficient (Wildman–Crippen LogP) is 3.50. The highest BCUT2D eigenvalue weighted by atomic mass is 35.5. The summed E-state index contributed by atoms with van der Waals surface area (Å²) >= 11 is 12.2. The Morgan fingerprint density at radius 2 is 2.00 bits per heavy atom. The smallest absolute Gasteiger partial charge is 0.240 e. The van der Waals surface area contributed by atoms with Crippen molar-refractivity contribution in [2.45, 2.75) is 6.54 Å². The van der Waals surface area contributed by atoms with E-state index in [-0.39, 0.29) is 24.9 Å². The van der Waals surface area contributed by atoms with Crippen molar-refractivity contribution in [2.24, 2.45) is 0 Å². The molecule has 1 N–H and O–H groups in total. The van der Waals surface area contributed by atoms with Crippen molar-refractivity contribution in [2.75, 3.05) is 27.2 Å². The van der Waals surface area contributed by atoms with Gasteiger partial charge in [0.25, 0.3) is 0 Å². The fraction of sp³-hybridized carbons (Fsp3) is 0.278. The number of hydrogen-bond donors (Lipinski definition) is 1. The lowest BCUT2D eigenvalue weighted by Crippen LogP contribution is -2.33. The summed E-state index contributed by atoms with van der Waals surface area (Å²) in [6, 6.07) is 8.97. The lowest BCUT2D eigenvalue weighted by atomic mass is 10.2. The molecule has 0 atom stereocenters. The molecule has 2 aromatic heterocycles. The average molecular weight is 429 g/mol. The summed E-state index contributed by atoms with van der Waals surface area (Å²) in [4.78, 5) is 23.4. The van der Waals surface area contributed by atoms with Crippen LogP contribution in [0.15, 0.2) is 36.5 Å². The summed E-state index contributed by atoms with van der Waals surface area (Å²) in [6.45, 7) is 1.47. The summed E-state index contributed by atoms with van der Waals surface area (Å²) in [5, 5.41) is 3.82. The Morgan fingerprint density at radius 1 is 1.22 bits per heavy atom. The summed E-state index contributed by atoms with van der Waals surface area (Å²) in [7, 11) is 3.92. The van der Waals surface area contributed by atoms with Crippen LogP contribution in [0, 0.1) is 0 Å². The highest BCUT2D eigenvalue weighted by Gasteiger charge is 2.16. The van der Waals surface area contributed by atoms with Crippen LogP contribution in [0.1, 0.15) is 0 Å². The molecule has 0 saturated heterocycles. The maximum absolute atomic E-state index is 12.4. The number of carbonyl (C=O) groups excluding carboxylic acids is 1. The summed E-state index contributed by atoms with van der Waals surface area (Å²) in [5.41, 5.74) is 2.14. The van der Waals surface area contributed by atoms with Gasteiger partial charge in [-0.3, -0.25) is 9.36 Å². The molecule has 0 aliphatic heterocycles. The van der Waals surface area contributed by atoms with Crippen LogP contribution in [0.3, 0.4) is 0 Å². The van der Waals surface area contributed by atoms with Gasteiger partial charge in [0.15, 0.2) is 5.65 Å². The lowest BCUT2D eigenvalue weighted by Gasteiger charge is -2.12. The monoisotopic (exact) mass is 427 g/mol. The van der Waals surface area contributed by atoms with Crippen molar-refractivity contribution < 1.29 is 4.79 Å². The van der Waals surface area contributed by atoms with Gasteiger partial charge in [0.05, 0.1) is 10.0 Å². The molecule has 0 aliphatic rings. The van der Waals surface area contributed by atoms with Gasteiger partial charge in [-0.05, 0) is 44.4 Å². The standard InChI is InChI=1S/C18H19Cl2N5O.ClH/c1-24(2)9-8-21-16(26)11-25-17(12-5-6-13(19)14(20)10-12)23-15-4-3-7-22-18(15)25;/h3-7,10H,8-9,11H2,1-2H3,(H,21,26);1H. The second-order valence-corrected chi connectivity index (χ2v) is 6.96. The van der Waals surface area contributed by atoms with E-state index in [0.29, 0.717) is 28.1 Å². The molecule has 3 aromatic rings. The number of halogens is 3. The molecule has 1 amide bonds. The Bertz CT molecular complexity index is 942. The molecule has 2 heterocycles. The maximum atomic E-state index is 12.4. The predicted molar refractivity (Wildman–Crippen MR) is 112 cm³/mol. The highest BCUT2D eigenvalue weighted by molar-refractivity contribution is 6.42. The highest BCUT2D eigenvalue weighted by Crippen LogP contribution is 2.29. The number of nitrogens with zero attached hydrogens (tertiary/aromatic N) is 4. The molecule has 0 spiro atoms. The van der Waals surface area contributed by atoms with Crippen LogP contribution >= 0.6 is 35.6 Å². The van der Waals surface area contributed by atoms with Gasteiger partial charge in [0.2, 0.25) is 5.91 Å². The van der Waals surface area contributed by atoms with Crippen LogP contribution in [0.4, 0.5) is 0 Å². The molecule has 6 nitrogen and oxygen atoms in total. The number of pyridine rings is 1. The third-order valence-electron chi connectivity index (χ3n) is 3.86. The Labute approximate surface area is 173 Å². The molecule has 27 heavy (non-hydrogen) atoms. The zero-order chi connectivity index (χ0) is 18.7. The number of aromatic nitrogens is 3. The van der Waals surface area contributed by atoms with Crippen molar-refractivity contribution in [1.82, 2.24) is 24.8 Å². The van der Waals surface area contributed by atoms with Crippen molar-refractivity contribution in [3.05, 3.63) is 46.6 Å². The fourth-order valence-corrected chi connectivity index (χ4v) is 2.88. The summed E-state index contributed by atoms with van der Waals surface area (Å²) in [5.74, 6) is 0.526. The number of benzene rings is 1. The van der Waals surface area contributed by atoms with E-state index in [0.717, 1.165) is 17.6 Å². The molecule has 0 saturated carbocycles. The SMILES string of the molecule is CN(C)CCNC(=O)Cn1c(-c2ccc(Cl)c(Cl)c2)nc2cccnc21.Cl.